The molecular weight excluding hydrogens is 360 g/mol. The highest BCUT2D eigenvalue weighted by molar-refractivity contribution is 7.98. The monoisotopic (exact) mass is 378 g/mol. The van der Waals surface area contributed by atoms with E-state index in [1.54, 1.807) is 17.8 Å². The summed E-state index contributed by atoms with van der Waals surface area (Å²) in [7, 11) is 0. The Labute approximate surface area is 156 Å². The standard InChI is InChI=1S/C18H19ClN2O3S/c1-25-16-5-3-2-4-15(16)21-17(22)12-10-14(19)18(20-11-12)24-13-6-8-23-9-7-13/h2-5,10-11,13H,6-9H2,1H3,(H,21,22). The van der Waals surface area contributed by atoms with Crippen molar-refractivity contribution in [3.05, 3.63) is 47.1 Å². The molecule has 3 rings (SSSR count). The Kier molecular flexibility index (Phi) is 6.18. The highest BCUT2D eigenvalue weighted by Gasteiger charge is 2.18. The van der Waals surface area contributed by atoms with Crippen molar-refractivity contribution < 1.29 is 14.3 Å². The maximum atomic E-state index is 12.5. The number of hydrogen-bond donors (Lipinski definition) is 1. The van der Waals surface area contributed by atoms with E-state index in [9.17, 15) is 4.79 Å². The zero-order valence-corrected chi connectivity index (χ0v) is 15.4. The number of para-hydroxylation sites is 1. The van der Waals surface area contributed by atoms with Crippen LogP contribution in [-0.4, -0.2) is 36.5 Å². The Hall–Kier alpha value is -1.76. The van der Waals surface area contributed by atoms with Crippen molar-refractivity contribution in [2.45, 2.75) is 23.8 Å². The van der Waals surface area contributed by atoms with E-state index in [-0.39, 0.29) is 12.0 Å². The first kappa shape index (κ1) is 18.0. The number of anilines is 1. The molecule has 1 aliphatic rings. The van der Waals surface area contributed by atoms with Crippen molar-refractivity contribution >= 4 is 35.0 Å². The first-order chi connectivity index (χ1) is 12.2. The van der Waals surface area contributed by atoms with E-state index in [4.69, 9.17) is 21.1 Å². The van der Waals surface area contributed by atoms with Gasteiger partial charge in [0.25, 0.3) is 5.91 Å². The fourth-order valence-corrected chi connectivity index (χ4v) is 3.29. The summed E-state index contributed by atoms with van der Waals surface area (Å²) in [6.07, 6.45) is 5.12. The van der Waals surface area contributed by atoms with Crippen LogP contribution in [0.1, 0.15) is 23.2 Å². The molecule has 132 valence electrons. The number of pyridine rings is 1. The minimum atomic E-state index is -0.256. The molecule has 0 spiro atoms. The van der Waals surface area contributed by atoms with E-state index in [1.165, 1.54) is 6.20 Å². The molecule has 1 aromatic heterocycles. The van der Waals surface area contributed by atoms with Crippen molar-refractivity contribution in [3.8, 4) is 5.88 Å². The van der Waals surface area contributed by atoms with Crippen LogP contribution in [0.25, 0.3) is 0 Å². The van der Waals surface area contributed by atoms with Crippen molar-refractivity contribution in [1.29, 1.82) is 0 Å². The van der Waals surface area contributed by atoms with Gasteiger partial charge in [-0.2, -0.15) is 0 Å². The lowest BCUT2D eigenvalue weighted by Gasteiger charge is -2.23. The van der Waals surface area contributed by atoms with Crippen LogP contribution >= 0.6 is 23.4 Å². The zero-order chi connectivity index (χ0) is 17.6. The molecule has 0 bridgehead atoms. The van der Waals surface area contributed by atoms with Crippen LogP contribution in [0.15, 0.2) is 41.4 Å². The molecule has 1 aromatic carbocycles. The number of ether oxygens (including phenoxy) is 2. The number of carbonyl (C=O) groups is 1. The van der Waals surface area contributed by atoms with Gasteiger partial charge in [-0.05, 0) is 24.5 Å². The number of carbonyl (C=O) groups excluding carboxylic acids is 1. The average Bonchev–Trinajstić information content (AvgIpc) is 2.64. The predicted molar refractivity (Wildman–Crippen MR) is 99.9 cm³/mol. The quantitative estimate of drug-likeness (QED) is 0.787. The van der Waals surface area contributed by atoms with Gasteiger partial charge in [-0.1, -0.05) is 23.7 Å². The summed E-state index contributed by atoms with van der Waals surface area (Å²) in [5.41, 5.74) is 1.15. The topological polar surface area (TPSA) is 60.5 Å². The normalized spacial score (nSPS) is 15.0. The van der Waals surface area contributed by atoms with Crippen LogP contribution in [-0.2, 0) is 4.74 Å². The van der Waals surface area contributed by atoms with Gasteiger partial charge >= 0.3 is 0 Å². The molecule has 0 radical (unpaired) electrons. The fraction of sp³-hybridized carbons (Fsp3) is 0.333. The van der Waals surface area contributed by atoms with Gasteiger partial charge in [0.1, 0.15) is 11.1 Å². The Morgan fingerprint density at radius 2 is 2.12 bits per heavy atom. The number of hydrogen-bond acceptors (Lipinski definition) is 5. The zero-order valence-electron chi connectivity index (χ0n) is 13.8. The molecule has 2 aromatic rings. The van der Waals surface area contributed by atoms with Gasteiger partial charge < -0.3 is 14.8 Å². The van der Waals surface area contributed by atoms with E-state index in [2.05, 4.69) is 10.3 Å². The molecule has 0 aliphatic carbocycles. The van der Waals surface area contributed by atoms with E-state index >= 15 is 0 Å². The molecule has 1 N–H and O–H groups in total. The molecule has 0 atom stereocenters. The van der Waals surface area contributed by atoms with E-state index in [0.29, 0.717) is 29.7 Å². The second-order valence-electron chi connectivity index (χ2n) is 5.59. The minimum Gasteiger partial charge on any atom is -0.473 e. The largest absolute Gasteiger partial charge is 0.473 e. The summed E-state index contributed by atoms with van der Waals surface area (Å²) in [5.74, 6) is 0.100. The molecule has 1 aliphatic heterocycles. The maximum absolute atomic E-state index is 12.5. The first-order valence-electron chi connectivity index (χ1n) is 8.01. The number of thioether (sulfide) groups is 1. The third-order valence-corrected chi connectivity index (χ3v) is 4.94. The lowest BCUT2D eigenvalue weighted by atomic mass is 10.1. The summed E-state index contributed by atoms with van der Waals surface area (Å²) in [4.78, 5) is 17.7. The molecular formula is C18H19ClN2O3S. The fourth-order valence-electron chi connectivity index (χ4n) is 2.53. The molecule has 5 nitrogen and oxygen atoms in total. The molecule has 1 saturated heterocycles. The predicted octanol–water partition coefficient (Wildman–Crippen LogP) is 4.27. The molecule has 25 heavy (non-hydrogen) atoms. The summed E-state index contributed by atoms with van der Waals surface area (Å²) in [5, 5.41) is 3.22. The molecule has 0 unspecified atom stereocenters. The highest BCUT2D eigenvalue weighted by atomic mass is 35.5. The lowest BCUT2D eigenvalue weighted by molar-refractivity contribution is 0.0238. The summed E-state index contributed by atoms with van der Waals surface area (Å²) in [6.45, 7) is 1.36. The van der Waals surface area contributed by atoms with Gasteiger partial charge in [-0.25, -0.2) is 4.98 Å². The van der Waals surface area contributed by atoms with E-state index in [0.717, 1.165) is 23.4 Å². The molecule has 1 amide bonds. The van der Waals surface area contributed by atoms with Crippen LogP contribution in [0.2, 0.25) is 5.02 Å². The van der Waals surface area contributed by atoms with Crippen LogP contribution in [0, 0.1) is 0 Å². The molecule has 2 heterocycles. The van der Waals surface area contributed by atoms with Crippen LogP contribution in [0.3, 0.4) is 0 Å². The number of aromatic nitrogens is 1. The number of rotatable bonds is 5. The van der Waals surface area contributed by atoms with Crippen molar-refractivity contribution in [1.82, 2.24) is 4.98 Å². The van der Waals surface area contributed by atoms with Gasteiger partial charge in [0.05, 0.1) is 24.5 Å². The van der Waals surface area contributed by atoms with Crippen LogP contribution in [0.5, 0.6) is 5.88 Å². The second kappa shape index (κ2) is 8.56. The van der Waals surface area contributed by atoms with Gasteiger partial charge in [0.2, 0.25) is 5.88 Å². The number of benzene rings is 1. The third-order valence-electron chi connectivity index (χ3n) is 3.87. The third kappa shape index (κ3) is 4.66. The second-order valence-corrected chi connectivity index (χ2v) is 6.85. The van der Waals surface area contributed by atoms with Crippen LogP contribution < -0.4 is 10.1 Å². The number of nitrogens with zero attached hydrogens (tertiary/aromatic N) is 1. The average molecular weight is 379 g/mol. The molecule has 7 heteroatoms. The van der Waals surface area contributed by atoms with Crippen LogP contribution in [0.4, 0.5) is 5.69 Å². The van der Waals surface area contributed by atoms with Crippen molar-refractivity contribution in [3.63, 3.8) is 0 Å². The summed E-state index contributed by atoms with van der Waals surface area (Å²) in [6, 6.07) is 9.21. The highest BCUT2D eigenvalue weighted by Crippen LogP contribution is 2.27. The van der Waals surface area contributed by atoms with Gasteiger partial charge in [0.15, 0.2) is 0 Å². The van der Waals surface area contributed by atoms with Gasteiger partial charge in [-0.3, -0.25) is 4.79 Å². The summed E-state index contributed by atoms with van der Waals surface area (Å²) >= 11 is 7.82. The van der Waals surface area contributed by atoms with Crippen molar-refractivity contribution in [2.75, 3.05) is 24.8 Å². The minimum absolute atomic E-state index is 0.0480. The van der Waals surface area contributed by atoms with Gasteiger partial charge in [0, 0.05) is 23.9 Å². The summed E-state index contributed by atoms with van der Waals surface area (Å²) < 4.78 is 11.1. The Morgan fingerprint density at radius 1 is 1.36 bits per heavy atom. The van der Waals surface area contributed by atoms with E-state index < -0.39 is 0 Å². The van der Waals surface area contributed by atoms with Crippen molar-refractivity contribution in [2.24, 2.45) is 0 Å². The lowest BCUT2D eigenvalue weighted by Crippen LogP contribution is -2.26. The Balaban J connectivity index is 1.70. The molecule has 0 saturated carbocycles. The molecule has 1 fully saturated rings. The first-order valence-corrected chi connectivity index (χ1v) is 9.62. The number of nitrogens with one attached hydrogen (secondary N) is 1. The van der Waals surface area contributed by atoms with E-state index in [1.807, 2.05) is 30.5 Å². The maximum Gasteiger partial charge on any atom is 0.257 e. The number of amides is 1. The van der Waals surface area contributed by atoms with Gasteiger partial charge in [-0.15, -0.1) is 11.8 Å². The Morgan fingerprint density at radius 3 is 2.84 bits per heavy atom. The Bertz CT molecular complexity index is 751. The number of halogens is 1. The SMILES string of the molecule is CSc1ccccc1NC(=O)c1cnc(OC2CCOCC2)c(Cl)c1. The smallest absolute Gasteiger partial charge is 0.257 e.